The van der Waals surface area contributed by atoms with Crippen LogP contribution in [0.15, 0.2) is 18.7 Å². The van der Waals surface area contributed by atoms with Crippen LogP contribution in [-0.2, 0) is 0 Å². The van der Waals surface area contributed by atoms with Gasteiger partial charge in [0.25, 0.3) is 0 Å². The SMILES string of the molecule is CCCN(CC(C)(C)CN)c1nccn2cnnc12. The molecule has 6 heteroatoms. The van der Waals surface area contributed by atoms with E-state index in [1.54, 1.807) is 12.5 Å². The lowest BCUT2D eigenvalue weighted by molar-refractivity contribution is 0.376. The van der Waals surface area contributed by atoms with Crippen LogP contribution in [0.4, 0.5) is 5.82 Å². The molecule has 2 heterocycles. The Hall–Kier alpha value is -1.69. The summed E-state index contributed by atoms with van der Waals surface area (Å²) in [4.78, 5) is 6.73. The molecule has 0 radical (unpaired) electrons. The van der Waals surface area contributed by atoms with Crippen molar-refractivity contribution in [1.82, 2.24) is 19.6 Å². The van der Waals surface area contributed by atoms with Crippen molar-refractivity contribution in [3.8, 4) is 0 Å². The second-order valence-electron chi connectivity index (χ2n) is 5.60. The molecule has 2 N–H and O–H groups in total. The number of fused-ring (bicyclic) bond motifs is 1. The summed E-state index contributed by atoms with van der Waals surface area (Å²) in [5.74, 6) is 0.878. The van der Waals surface area contributed by atoms with E-state index >= 15 is 0 Å². The normalized spacial score (nSPS) is 12.0. The minimum absolute atomic E-state index is 0.0453. The Labute approximate surface area is 113 Å². The Morgan fingerprint density at radius 1 is 1.42 bits per heavy atom. The smallest absolute Gasteiger partial charge is 0.203 e. The standard InChI is InChI=1S/C13H22N6/c1-4-6-18(9-13(2,3)8-14)11-12-17-16-10-19(12)7-5-15-11/h5,7,10H,4,6,8-9,14H2,1-3H3. The Morgan fingerprint density at radius 2 is 2.21 bits per heavy atom. The van der Waals surface area contributed by atoms with Gasteiger partial charge < -0.3 is 10.6 Å². The topological polar surface area (TPSA) is 72.3 Å². The number of rotatable bonds is 6. The molecule has 0 aliphatic carbocycles. The molecule has 2 rings (SSSR count). The van der Waals surface area contributed by atoms with E-state index < -0.39 is 0 Å². The maximum Gasteiger partial charge on any atom is 0.203 e. The molecule has 2 aromatic rings. The van der Waals surface area contributed by atoms with Crippen molar-refractivity contribution in [3.05, 3.63) is 18.7 Å². The number of aromatic nitrogens is 4. The molecule has 2 aromatic heterocycles. The van der Waals surface area contributed by atoms with Gasteiger partial charge in [0.15, 0.2) is 5.82 Å². The number of hydrogen-bond acceptors (Lipinski definition) is 5. The highest BCUT2D eigenvalue weighted by molar-refractivity contribution is 5.63. The van der Waals surface area contributed by atoms with E-state index in [-0.39, 0.29) is 5.41 Å². The molecule has 0 aromatic carbocycles. The third kappa shape index (κ3) is 3.01. The summed E-state index contributed by atoms with van der Waals surface area (Å²) in [6.45, 7) is 8.93. The van der Waals surface area contributed by atoms with Crippen LogP contribution in [-0.4, -0.2) is 39.2 Å². The monoisotopic (exact) mass is 262 g/mol. The van der Waals surface area contributed by atoms with E-state index in [1.165, 1.54) is 0 Å². The molecule has 0 saturated carbocycles. The summed E-state index contributed by atoms with van der Waals surface area (Å²) in [6.07, 6.45) is 6.39. The van der Waals surface area contributed by atoms with E-state index in [2.05, 4.69) is 40.9 Å². The second kappa shape index (κ2) is 5.52. The van der Waals surface area contributed by atoms with E-state index in [0.717, 1.165) is 31.0 Å². The maximum absolute atomic E-state index is 5.84. The summed E-state index contributed by atoms with van der Waals surface area (Å²) in [6, 6.07) is 0. The Kier molecular flexibility index (Phi) is 3.99. The van der Waals surface area contributed by atoms with Gasteiger partial charge in [-0.3, -0.25) is 4.40 Å². The molecule has 0 unspecified atom stereocenters. The second-order valence-corrected chi connectivity index (χ2v) is 5.60. The molecule has 0 bridgehead atoms. The Morgan fingerprint density at radius 3 is 2.89 bits per heavy atom. The molecule has 0 aliphatic rings. The van der Waals surface area contributed by atoms with E-state index in [9.17, 15) is 0 Å². The molecule has 0 spiro atoms. The van der Waals surface area contributed by atoms with Crippen molar-refractivity contribution < 1.29 is 0 Å². The van der Waals surface area contributed by atoms with Gasteiger partial charge in [0.05, 0.1) is 0 Å². The summed E-state index contributed by atoms with van der Waals surface area (Å²) < 4.78 is 1.89. The first kappa shape index (κ1) is 13.7. The first-order chi connectivity index (χ1) is 9.07. The molecule has 0 fully saturated rings. The fourth-order valence-electron chi connectivity index (χ4n) is 2.08. The van der Waals surface area contributed by atoms with Crippen LogP contribution in [0.5, 0.6) is 0 Å². The highest BCUT2D eigenvalue weighted by Gasteiger charge is 2.22. The van der Waals surface area contributed by atoms with E-state index in [1.807, 2.05) is 10.6 Å². The van der Waals surface area contributed by atoms with E-state index in [0.29, 0.717) is 6.54 Å². The highest BCUT2D eigenvalue weighted by atomic mass is 15.3. The van der Waals surface area contributed by atoms with Crippen LogP contribution in [0.25, 0.3) is 5.65 Å². The maximum atomic E-state index is 5.84. The van der Waals surface area contributed by atoms with Crippen molar-refractivity contribution in [2.75, 3.05) is 24.5 Å². The van der Waals surface area contributed by atoms with Crippen molar-refractivity contribution in [3.63, 3.8) is 0 Å². The molecule has 0 saturated heterocycles. The van der Waals surface area contributed by atoms with Gasteiger partial charge in [-0.25, -0.2) is 4.98 Å². The quantitative estimate of drug-likeness (QED) is 0.850. The molecule has 0 atom stereocenters. The van der Waals surface area contributed by atoms with Gasteiger partial charge in [-0.05, 0) is 18.4 Å². The number of nitrogens with zero attached hydrogens (tertiary/aromatic N) is 5. The fourth-order valence-corrected chi connectivity index (χ4v) is 2.08. The minimum Gasteiger partial charge on any atom is -0.353 e. The number of nitrogens with two attached hydrogens (primary N) is 1. The predicted molar refractivity (Wildman–Crippen MR) is 76.1 cm³/mol. The van der Waals surface area contributed by atoms with Crippen LogP contribution < -0.4 is 10.6 Å². The van der Waals surface area contributed by atoms with Gasteiger partial charge in [-0.2, -0.15) is 0 Å². The van der Waals surface area contributed by atoms with Gasteiger partial charge in [-0.15, -0.1) is 10.2 Å². The van der Waals surface area contributed by atoms with E-state index in [4.69, 9.17) is 5.73 Å². The third-order valence-electron chi connectivity index (χ3n) is 3.16. The fraction of sp³-hybridized carbons (Fsp3) is 0.615. The van der Waals surface area contributed by atoms with Crippen LogP contribution in [0.1, 0.15) is 27.2 Å². The van der Waals surface area contributed by atoms with Crippen LogP contribution in [0, 0.1) is 5.41 Å². The largest absolute Gasteiger partial charge is 0.353 e. The van der Waals surface area contributed by atoms with Gasteiger partial charge in [0.1, 0.15) is 6.33 Å². The zero-order chi connectivity index (χ0) is 13.9. The summed E-state index contributed by atoms with van der Waals surface area (Å²) in [7, 11) is 0. The molecule has 6 nitrogen and oxygen atoms in total. The van der Waals surface area contributed by atoms with Gasteiger partial charge >= 0.3 is 0 Å². The average molecular weight is 262 g/mol. The lowest BCUT2D eigenvalue weighted by Crippen LogP contribution is -2.39. The van der Waals surface area contributed by atoms with Gasteiger partial charge in [-0.1, -0.05) is 20.8 Å². The van der Waals surface area contributed by atoms with Crippen molar-refractivity contribution >= 4 is 11.5 Å². The lowest BCUT2D eigenvalue weighted by Gasteiger charge is -2.32. The van der Waals surface area contributed by atoms with Crippen LogP contribution >= 0.6 is 0 Å². The third-order valence-corrected chi connectivity index (χ3v) is 3.16. The Balaban J connectivity index is 2.35. The predicted octanol–water partition coefficient (Wildman–Crippen LogP) is 1.33. The summed E-state index contributed by atoms with van der Waals surface area (Å²) in [5.41, 5.74) is 6.68. The minimum atomic E-state index is 0.0453. The van der Waals surface area contributed by atoms with Crippen molar-refractivity contribution in [2.24, 2.45) is 11.1 Å². The Bertz CT molecular complexity index is 533. The first-order valence-corrected chi connectivity index (χ1v) is 6.67. The average Bonchev–Trinajstić information content (AvgIpc) is 2.86. The first-order valence-electron chi connectivity index (χ1n) is 6.67. The molecular weight excluding hydrogens is 240 g/mol. The molecular formula is C13H22N6. The molecule has 104 valence electrons. The van der Waals surface area contributed by atoms with Crippen molar-refractivity contribution in [1.29, 1.82) is 0 Å². The number of hydrogen-bond donors (Lipinski definition) is 1. The highest BCUT2D eigenvalue weighted by Crippen LogP contribution is 2.22. The number of anilines is 1. The van der Waals surface area contributed by atoms with Crippen LogP contribution in [0.3, 0.4) is 0 Å². The molecule has 0 aliphatic heterocycles. The van der Waals surface area contributed by atoms with Crippen LogP contribution in [0.2, 0.25) is 0 Å². The van der Waals surface area contributed by atoms with Gasteiger partial charge in [0.2, 0.25) is 5.65 Å². The van der Waals surface area contributed by atoms with Gasteiger partial charge in [0, 0.05) is 25.5 Å². The summed E-state index contributed by atoms with van der Waals surface area (Å²) >= 11 is 0. The zero-order valence-corrected chi connectivity index (χ0v) is 11.9. The molecule has 0 amide bonds. The summed E-state index contributed by atoms with van der Waals surface area (Å²) in [5, 5.41) is 8.10. The lowest BCUT2D eigenvalue weighted by atomic mass is 9.93. The van der Waals surface area contributed by atoms with Crippen molar-refractivity contribution in [2.45, 2.75) is 27.2 Å². The zero-order valence-electron chi connectivity index (χ0n) is 11.9. The molecule has 19 heavy (non-hydrogen) atoms.